The van der Waals surface area contributed by atoms with Gasteiger partial charge in [-0.3, -0.25) is 4.79 Å². The molecule has 0 aliphatic heterocycles. The molecule has 0 bridgehead atoms. The lowest BCUT2D eigenvalue weighted by molar-refractivity contribution is -0.114. The van der Waals surface area contributed by atoms with Crippen molar-refractivity contribution in [1.29, 1.82) is 0 Å². The Bertz CT molecular complexity index is 501. The van der Waals surface area contributed by atoms with Crippen molar-refractivity contribution in [2.45, 2.75) is 29.9 Å². The molecule has 1 aromatic rings. The van der Waals surface area contributed by atoms with Gasteiger partial charge in [0.2, 0.25) is 5.91 Å². The van der Waals surface area contributed by atoms with E-state index in [1.165, 1.54) is 6.92 Å². The molecule has 4 nitrogen and oxygen atoms in total. The molecule has 16 heavy (non-hydrogen) atoms. The number of anilines is 1. The molecule has 86 valence electrons. The summed E-state index contributed by atoms with van der Waals surface area (Å²) < 4.78 is 23.7. The highest BCUT2D eigenvalue weighted by atomic mass is 32.2. The van der Waals surface area contributed by atoms with Gasteiger partial charge in [-0.2, -0.15) is 0 Å². The molecular weight excluding hydrogens is 226 g/mol. The molecule has 1 aromatic carbocycles. The molecule has 0 heterocycles. The van der Waals surface area contributed by atoms with Gasteiger partial charge in [-0.15, -0.1) is 0 Å². The Labute approximate surface area is 94.6 Å². The van der Waals surface area contributed by atoms with Crippen molar-refractivity contribution in [1.82, 2.24) is 0 Å². The van der Waals surface area contributed by atoms with E-state index >= 15 is 0 Å². The Kier molecular flexibility index (Phi) is 2.71. The van der Waals surface area contributed by atoms with E-state index in [1.54, 1.807) is 24.3 Å². The van der Waals surface area contributed by atoms with Crippen LogP contribution in [-0.4, -0.2) is 19.6 Å². The van der Waals surface area contributed by atoms with Crippen LogP contribution in [0.15, 0.2) is 29.2 Å². The third kappa shape index (κ3) is 2.24. The fraction of sp³-hybridized carbons (Fsp3) is 0.364. The highest BCUT2D eigenvalue weighted by Gasteiger charge is 2.36. The molecule has 5 heteroatoms. The number of sulfone groups is 1. The average Bonchev–Trinajstić information content (AvgIpc) is 3.00. The first-order chi connectivity index (χ1) is 7.50. The van der Waals surface area contributed by atoms with Crippen LogP contribution in [0, 0.1) is 0 Å². The van der Waals surface area contributed by atoms with Crippen molar-refractivity contribution < 1.29 is 13.2 Å². The minimum Gasteiger partial charge on any atom is -0.326 e. The van der Waals surface area contributed by atoms with Crippen molar-refractivity contribution in [2.24, 2.45) is 0 Å². The van der Waals surface area contributed by atoms with E-state index in [0.717, 1.165) is 12.8 Å². The minimum atomic E-state index is -3.12. The van der Waals surface area contributed by atoms with Gasteiger partial charge in [0.1, 0.15) is 0 Å². The number of carbonyl (C=O) groups is 1. The zero-order chi connectivity index (χ0) is 11.8. The fourth-order valence-corrected chi connectivity index (χ4v) is 3.16. The molecule has 1 aliphatic carbocycles. The Balaban J connectivity index is 2.22. The normalized spacial score (nSPS) is 15.8. The van der Waals surface area contributed by atoms with Crippen LogP contribution in [0.2, 0.25) is 0 Å². The standard InChI is InChI=1S/C11H13NO3S/c1-8(13)12-9-2-4-10(5-3-9)16(14,15)11-6-7-11/h2-5,11H,6-7H2,1H3,(H,12,13). The van der Waals surface area contributed by atoms with Gasteiger partial charge in [0.15, 0.2) is 9.84 Å². The third-order valence-corrected chi connectivity index (χ3v) is 4.74. The van der Waals surface area contributed by atoms with Crippen molar-refractivity contribution in [3.05, 3.63) is 24.3 Å². The van der Waals surface area contributed by atoms with Crippen LogP contribution in [0.25, 0.3) is 0 Å². The molecule has 1 saturated carbocycles. The van der Waals surface area contributed by atoms with Crippen LogP contribution >= 0.6 is 0 Å². The fourth-order valence-electron chi connectivity index (χ4n) is 1.50. The maximum atomic E-state index is 11.8. The van der Waals surface area contributed by atoms with Gasteiger partial charge < -0.3 is 5.32 Å². The molecule has 2 rings (SSSR count). The Morgan fingerprint density at radius 3 is 2.25 bits per heavy atom. The summed E-state index contributed by atoms with van der Waals surface area (Å²) in [5.74, 6) is -0.169. The van der Waals surface area contributed by atoms with E-state index in [-0.39, 0.29) is 11.2 Å². The first kappa shape index (κ1) is 11.1. The maximum Gasteiger partial charge on any atom is 0.221 e. The molecule has 1 amide bonds. The van der Waals surface area contributed by atoms with Crippen molar-refractivity contribution in [3.63, 3.8) is 0 Å². The molecule has 0 spiro atoms. The predicted molar refractivity (Wildman–Crippen MR) is 61.0 cm³/mol. The largest absolute Gasteiger partial charge is 0.326 e. The van der Waals surface area contributed by atoms with Crippen molar-refractivity contribution >= 4 is 21.4 Å². The quantitative estimate of drug-likeness (QED) is 0.871. The molecular formula is C11H13NO3S. The second-order valence-electron chi connectivity index (χ2n) is 3.95. The molecule has 1 N–H and O–H groups in total. The molecule has 0 atom stereocenters. The van der Waals surface area contributed by atoms with E-state index in [1.807, 2.05) is 0 Å². The van der Waals surface area contributed by atoms with Crippen LogP contribution in [0.5, 0.6) is 0 Å². The SMILES string of the molecule is CC(=O)Nc1ccc(S(=O)(=O)C2CC2)cc1. The van der Waals surface area contributed by atoms with Crippen LogP contribution in [0.3, 0.4) is 0 Å². The third-order valence-electron chi connectivity index (χ3n) is 2.47. The number of carbonyl (C=O) groups excluding carboxylic acids is 1. The molecule has 1 aliphatic rings. The molecule has 0 unspecified atom stereocenters. The summed E-state index contributed by atoms with van der Waals surface area (Å²) in [5, 5.41) is 2.40. The van der Waals surface area contributed by atoms with E-state index < -0.39 is 9.84 Å². The number of hydrogen-bond donors (Lipinski definition) is 1. The number of hydrogen-bond acceptors (Lipinski definition) is 3. The highest BCUT2D eigenvalue weighted by Crippen LogP contribution is 2.33. The first-order valence-electron chi connectivity index (χ1n) is 5.12. The minimum absolute atomic E-state index is 0.169. The van der Waals surface area contributed by atoms with E-state index in [0.29, 0.717) is 10.6 Å². The molecule has 0 saturated heterocycles. The van der Waals surface area contributed by atoms with Crippen LogP contribution < -0.4 is 5.32 Å². The maximum absolute atomic E-state index is 11.8. The zero-order valence-corrected chi connectivity index (χ0v) is 9.75. The molecule has 1 fully saturated rings. The van der Waals surface area contributed by atoms with E-state index in [4.69, 9.17) is 0 Å². The Morgan fingerprint density at radius 1 is 1.25 bits per heavy atom. The summed E-state index contributed by atoms with van der Waals surface area (Å²) in [7, 11) is -3.12. The average molecular weight is 239 g/mol. The summed E-state index contributed by atoms with van der Waals surface area (Å²) in [5.41, 5.74) is 0.613. The van der Waals surface area contributed by atoms with E-state index in [9.17, 15) is 13.2 Å². The van der Waals surface area contributed by atoms with Gasteiger partial charge in [-0.25, -0.2) is 8.42 Å². The summed E-state index contributed by atoms with van der Waals surface area (Å²) in [4.78, 5) is 11.1. The lowest BCUT2D eigenvalue weighted by Gasteiger charge is -2.05. The predicted octanol–water partition coefficient (Wildman–Crippen LogP) is 1.58. The number of rotatable bonds is 3. The van der Waals surface area contributed by atoms with Gasteiger partial charge in [0.25, 0.3) is 0 Å². The zero-order valence-electron chi connectivity index (χ0n) is 8.93. The molecule has 0 radical (unpaired) electrons. The smallest absolute Gasteiger partial charge is 0.221 e. The first-order valence-corrected chi connectivity index (χ1v) is 6.66. The van der Waals surface area contributed by atoms with Gasteiger partial charge in [0, 0.05) is 12.6 Å². The Hall–Kier alpha value is -1.36. The monoisotopic (exact) mass is 239 g/mol. The second-order valence-corrected chi connectivity index (χ2v) is 6.18. The van der Waals surface area contributed by atoms with Gasteiger partial charge >= 0.3 is 0 Å². The number of amides is 1. The molecule has 0 aromatic heterocycles. The lowest BCUT2D eigenvalue weighted by Crippen LogP contribution is -2.08. The summed E-state index contributed by atoms with van der Waals surface area (Å²) in [6.07, 6.45) is 1.52. The van der Waals surface area contributed by atoms with Crippen LogP contribution in [-0.2, 0) is 14.6 Å². The van der Waals surface area contributed by atoms with Crippen LogP contribution in [0.1, 0.15) is 19.8 Å². The highest BCUT2D eigenvalue weighted by molar-refractivity contribution is 7.92. The van der Waals surface area contributed by atoms with Crippen LogP contribution in [0.4, 0.5) is 5.69 Å². The van der Waals surface area contributed by atoms with Gasteiger partial charge in [-0.05, 0) is 37.1 Å². The Morgan fingerprint density at radius 2 is 1.81 bits per heavy atom. The second kappa shape index (κ2) is 3.90. The van der Waals surface area contributed by atoms with Gasteiger partial charge in [-0.1, -0.05) is 0 Å². The summed E-state index contributed by atoms with van der Waals surface area (Å²) >= 11 is 0. The number of benzene rings is 1. The van der Waals surface area contributed by atoms with E-state index in [2.05, 4.69) is 5.32 Å². The lowest BCUT2D eigenvalue weighted by atomic mass is 10.3. The van der Waals surface area contributed by atoms with Gasteiger partial charge in [0.05, 0.1) is 10.1 Å². The topological polar surface area (TPSA) is 63.2 Å². The van der Waals surface area contributed by atoms with Crippen molar-refractivity contribution in [3.8, 4) is 0 Å². The van der Waals surface area contributed by atoms with Crippen molar-refractivity contribution in [2.75, 3.05) is 5.32 Å². The number of nitrogens with one attached hydrogen (secondary N) is 1. The summed E-state index contributed by atoms with van der Waals surface area (Å²) in [6, 6.07) is 6.30. The summed E-state index contributed by atoms with van der Waals surface area (Å²) in [6.45, 7) is 1.41.